The highest BCUT2D eigenvalue weighted by Gasteiger charge is 1.98. The largest absolute Gasteiger partial charge is 0.382 e. The Labute approximate surface area is 90.6 Å². The van der Waals surface area contributed by atoms with Crippen molar-refractivity contribution in [2.45, 2.75) is 37.9 Å². The first-order valence-corrected chi connectivity index (χ1v) is 6.15. The van der Waals surface area contributed by atoms with Crippen molar-refractivity contribution in [3.8, 4) is 0 Å². The summed E-state index contributed by atoms with van der Waals surface area (Å²) in [5.74, 6) is 0. The molecule has 13 heavy (non-hydrogen) atoms. The van der Waals surface area contributed by atoms with Gasteiger partial charge in [0.2, 0.25) is 0 Å². The summed E-state index contributed by atoms with van der Waals surface area (Å²) in [5.41, 5.74) is 0. The number of ether oxygens (including phenoxy) is 1. The van der Waals surface area contributed by atoms with Crippen LogP contribution in [0.1, 0.15) is 33.1 Å². The number of halogens is 1. The van der Waals surface area contributed by atoms with E-state index in [0.29, 0.717) is 4.83 Å². The molecule has 1 atom stereocenters. The van der Waals surface area contributed by atoms with Crippen molar-refractivity contribution in [3.63, 3.8) is 0 Å². The van der Waals surface area contributed by atoms with E-state index in [9.17, 15) is 0 Å². The van der Waals surface area contributed by atoms with Crippen LogP contribution in [0.15, 0.2) is 0 Å². The van der Waals surface area contributed by atoms with Crippen LogP contribution >= 0.6 is 15.9 Å². The molecule has 0 saturated heterocycles. The Morgan fingerprint density at radius 3 is 2.69 bits per heavy atom. The number of hydrogen-bond donors (Lipinski definition) is 1. The molecule has 0 heterocycles. The molecule has 0 aromatic rings. The van der Waals surface area contributed by atoms with Crippen molar-refractivity contribution in [1.82, 2.24) is 5.32 Å². The van der Waals surface area contributed by atoms with Crippen LogP contribution in [0.25, 0.3) is 0 Å². The van der Waals surface area contributed by atoms with Crippen LogP contribution in [0.5, 0.6) is 0 Å². The van der Waals surface area contributed by atoms with Gasteiger partial charge in [0.25, 0.3) is 0 Å². The summed E-state index contributed by atoms with van der Waals surface area (Å²) in [4.78, 5) is 0.673. The lowest BCUT2D eigenvalue weighted by molar-refractivity contribution is 0.145. The molecule has 2 nitrogen and oxygen atoms in total. The lowest BCUT2D eigenvalue weighted by atomic mass is 10.2. The summed E-state index contributed by atoms with van der Waals surface area (Å²) in [6, 6.07) is 0. The maximum absolute atomic E-state index is 5.23. The molecule has 1 N–H and O–H groups in total. The highest BCUT2D eigenvalue weighted by atomic mass is 79.9. The van der Waals surface area contributed by atoms with Gasteiger partial charge in [-0.05, 0) is 39.3 Å². The van der Waals surface area contributed by atoms with E-state index in [0.717, 1.165) is 32.7 Å². The van der Waals surface area contributed by atoms with Crippen molar-refractivity contribution in [3.05, 3.63) is 0 Å². The van der Waals surface area contributed by atoms with E-state index in [1.54, 1.807) is 0 Å². The van der Waals surface area contributed by atoms with Crippen molar-refractivity contribution >= 4 is 15.9 Å². The molecule has 0 fully saturated rings. The molecule has 0 saturated carbocycles. The van der Waals surface area contributed by atoms with E-state index in [-0.39, 0.29) is 0 Å². The minimum atomic E-state index is 0.673. The number of rotatable bonds is 9. The third-order valence-electron chi connectivity index (χ3n) is 1.92. The fraction of sp³-hybridized carbons (Fsp3) is 1.00. The Bertz CT molecular complexity index is 101. The Morgan fingerprint density at radius 2 is 2.08 bits per heavy atom. The summed E-state index contributed by atoms with van der Waals surface area (Å²) in [5, 5.41) is 3.40. The first-order chi connectivity index (χ1) is 6.31. The fourth-order valence-electron chi connectivity index (χ4n) is 1.03. The van der Waals surface area contributed by atoms with Gasteiger partial charge in [0, 0.05) is 18.0 Å². The number of hydrogen-bond acceptors (Lipinski definition) is 2. The van der Waals surface area contributed by atoms with Crippen molar-refractivity contribution < 1.29 is 4.74 Å². The van der Waals surface area contributed by atoms with E-state index in [4.69, 9.17) is 4.74 Å². The van der Waals surface area contributed by atoms with Gasteiger partial charge in [-0.1, -0.05) is 22.9 Å². The molecular weight excluding hydrogens is 230 g/mol. The monoisotopic (exact) mass is 251 g/mol. The Hall–Kier alpha value is 0.400. The van der Waals surface area contributed by atoms with Crippen LogP contribution in [0, 0.1) is 0 Å². The zero-order valence-electron chi connectivity index (χ0n) is 8.81. The normalized spacial score (nSPS) is 13.2. The van der Waals surface area contributed by atoms with Gasteiger partial charge in [-0.15, -0.1) is 0 Å². The number of nitrogens with one attached hydrogen (secondary N) is 1. The highest BCUT2D eigenvalue weighted by Crippen LogP contribution is 2.07. The Kier molecular flexibility index (Phi) is 10.8. The highest BCUT2D eigenvalue weighted by molar-refractivity contribution is 9.09. The molecule has 3 heteroatoms. The molecule has 0 aromatic heterocycles. The first kappa shape index (κ1) is 13.4. The predicted molar refractivity (Wildman–Crippen MR) is 61.6 cm³/mol. The van der Waals surface area contributed by atoms with E-state index >= 15 is 0 Å². The molecule has 0 amide bonds. The van der Waals surface area contributed by atoms with Crippen LogP contribution in [0.2, 0.25) is 0 Å². The molecule has 0 aromatic carbocycles. The lowest BCUT2D eigenvalue weighted by Crippen LogP contribution is -2.20. The standard InChI is InChI=1S/C10H22BrNO/c1-3-10(11)6-8-12-7-5-9-13-4-2/h10,12H,3-9H2,1-2H3. The minimum Gasteiger partial charge on any atom is -0.382 e. The third kappa shape index (κ3) is 10.3. The molecule has 1 unspecified atom stereocenters. The Balaban J connectivity index is 2.91. The quantitative estimate of drug-likeness (QED) is 0.503. The number of alkyl halides is 1. The molecule has 0 aliphatic rings. The Morgan fingerprint density at radius 1 is 1.31 bits per heavy atom. The second kappa shape index (κ2) is 10.5. The second-order valence-electron chi connectivity index (χ2n) is 3.09. The lowest BCUT2D eigenvalue weighted by Gasteiger charge is -2.07. The van der Waals surface area contributed by atoms with Crippen molar-refractivity contribution in [1.29, 1.82) is 0 Å². The van der Waals surface area contributed by atoms with Gasteiger partial charge in [0.15, 0.2) is 0 Å². The van der Waals surface area contributed by atoms with Gasteiger partial charge in [-0.2, -0.15) is 0 Å². The van der Waals surface area contributed by atoms with E-state index in [1.807, 2.05) is 6.92 Å². The summed E-state index contributed by atoms with van der Waals surface area (Å²) in [6.07, 6.45) is 3.54. The molecular formula is C10H22BrNO. The van der Waals surface area contributed by atoms with Crippen LogP contribution in [0.4, 0.5) is 0 Å². The smallest absolute Gasteiger partial charge is 0.0477 e. The van der Waals surface area contributed by atoms with Crippen molar-refractivity contribution in [2.24, 2.45) is 0 Å². The van der Waals surface area contributed by atoms with Gasteiger partial charge < -0.3 is 10.1 Å². The molecule has 0 bridgehead atoms. The molecule has 0 rings (SSSR count). The van der Waals surface area contributed by atoms with Gasteiger partial charge in [0.1, 0.15) is 0 Å². The molecule has 0 radical (unpaired) electrons. The fourth-order valence-corrected chi connectivity index (χ4v) is 1.26. The maximum Gasteiger partial charge on any atom is 0.0477 e. The second-order valence-corrected chi connectivity index (χ2v) is 4.39. The van der Waals surface area contributed by atoms with E-state index in [2.05, 4.69) is 28.2 Å². The van der Waals surface area contributed by atoms with Gasteiger partial charge in [-0.3, -0.25) is 0 Å². The SMILES string of the molecule is CCOCCCNCCC(Br)CC. The van der Waals surface area contributed by atoms with Crippen LogP contribution in [0.3, 0.4) is 0 Å². The van der Waals surface area contributed by atoms with Crippen LogP contribution in [-0.4, -0.2) is 31.1 Å². The topological polar surface area (TPSA) is 21.3 Å². The first-order valence-electron chi connectivity index (χ1n) is 5.23. The summed E-state index contributed by atoms with van der Waals surface area (Å²) < 4.78 is 5.23. The maximum atomic E-state index is 5.23. The molecule has 0 spiro atoms. The van der Waals surface area contributed by atoms with Gasteiger partial charge in [-0.25, -0.2) is 0 Å². The third-order valence-corrected chi connectivity index (χ3v) is 3.03. The minimum absolute atomic E-state index is 0.673. The van der Waals surface area contributed by atoms with Crippen LogP contribution in [-0.2, 0) is 4.74 Å². The molecule has 0 aliphatic carbocycles. The average molecular weight is 252 g/mol. The summed E-state index contributed by atoms with van der Waals surface area (Å²) in [7, 11) is 0. The average Bonchev–Trinajstić information content (AvgIpc) is 2.16. The van der Waals surface area contributed by atoms with Crippen molar-refractivity contribution in [2.75, 3.05) is 26.3 Å². The zero-order chi connectivity index (χ0) is 9.94. The van der Waals surface area contributed by atoms with Gasteiger partial charge >= 0.3 is 0 Å². The summed E-state index contributed by atoms with van der Waals surface area (Å²) >= 11 is 3.61. The zero-order valence-corrected chi connectivity index (χ0v) is 10.4. The molecule has 80 valence electrons. The van der Waals surface area contributed by atoms with Gasteiger partial charge in [0.05, 0.1) is 0 Å². The predicted octanol–water partition coefficient (Wildman–Crippen LogP) is 2.57. The van der Waals surface area contributed by atoms with E-state index in [1.165, 1.54) is 12.8 Å². The molecule has 0 aliphatic heterocycles. The summed E-state index contributed by atoms with van der Waals surface area (Å²) in [6.45, 7) is 8.13. The van der Waals surface area contributed by atoms with E-state index < -0.39 is 0 Å². The van der Waals surface area contributed by atoms with Crippen LogP contribution < -0.4 is 5.32 Å².